The number of H-pyrrole nitrogens is 1. The van der Waals surface area contributed by atoms with E-state index >= 15 is 0 Å². The van der Waals surface area contributed by atoms with Crippen molar-refractivity contribution in [3.05, 3.63) is 64.7 Å². The van der Waals surface area contributed by atoms with E-state index in [9.17, 15) is 4.79 Å². The van der Waals surface area contributed by atoms with Crippen LogP contribution in [0.15, 0.2) is 63.3 Å². The van der Waals surface area contributed by atoms with Gasteiger partial charge in [-0.05, 0) is 47.0 Å². The predicted molar refractivity (Wildman–Crippen MR) is 103 cm³/mol. The highest BCUT2D eigenvalue weighted by Gasteiger charge is 2.10. The van der Waals surface area contributed by atoms with Gasteiger partial charge >= 0.3 is 0 Å². The lowest BCUT2D eigenvalue weighted by atomic mass is 10.2. The third-order valence-corrected chi connectivity index (χ3v) is 5.02. The maximum Gasteiger partial charge on any atom is 0.267 e. The summed E-state index contributed by atoms with van der Waals surface area (Å²) in [6.07, 6.45) is 5.43. The number of nitrogens with zero attached hydrogens (tertiary/aromatic N) is 2. The zero-order chi connectivity index (χ0) is 17.6. The molecule has 0 aliphatic heterocycles. The van der Waals surface area contributed by atoms with Gasteiger partial charge in [-0.2, -0.15) is 0 Å². The Kier molecular flexibility index (Phi) is 5.99. The SMILES string of the molecule is Cn1cc(Br)cc1C(=O)NCCCc1cnc(Sc2ccccc2)[nH]1. The van der Waals surface area contributed by atoms with Crippen molar-refractivity contribution in [1.82, 2.24) is 19.9 Å². The lowest BCUT2D eigenvalue weighted by molar-refractivity contribution is 0.0945. The molecule has 0 bridgehead atoms. The maximum absolute atomic E-state index is 12.1. The van der Waals surface area contributed by atoms with Crippen molar-refractivity contribution in [2.75, 3.05) is 6.54 Å². The van der Waals surface area contributed by atoms with E-state index in [-0.39, 0.29) is 5.91 Å². The molecule has 2 aromatic heterocycles. The lowest BCUT2D eigenvalue weighted by Crippen LogP contribution is -2.26. The highest BCUT2D eigenvalue weighted by Crippen LogP contribution is 2.24. The Labute approximate surface area is 159 Å². The van der Waals surface area contributed by atoms with Gasteiger partial charge in [-0.3, -0.25) is 4.79 Å². The fourth-order valence-corrected chi connectivity index (χ4v) is 3.77. The number of carbonyl (C=O) groups is 1. The number of aromatic amines is 1. The normalized spacial score (nSPS) is 10.8. The molecule has 0 saturated heterocycles. The number of hydrogen-bond donors (Lipinski definition) is 2. The number of rotatable bonds is 7. The Morgan fingerprint density at radius 1 is 1.36 bits per heavy atom. The molecule has 0 aliphatic rings. The Morgan fingerprint density at radius 2 is 2.16 bits per heavy atom. The topological polar surface area (TPSA) is 62.7 Å². The van der Waals surface area contributed by atoms with Crippen LogP contribution in [0.2, 0.25) is 0 Å². The van der Waals surface area contributed by atoms with Crippen LogP contribution in [-0.2, 0) is 13.5 Å². The number of benzene rings is 1. The third-order valence-electron chi connectivity index (χ3n) is 3.68. The van der Waals surface area contributed by atoms with Gasteiger partial charge in [-0.1, -0.05) is 30.0 Å². The summed E-state index contributed by atoms with van der Waals surface area (Å²) in [5.41, 5.74) is 1.73. The van der Waals surface area contributed by atoms with Crippen molar-refractivity contribution in [2.24, 2.45) is 7.05 Å². The van der Waals surface area contributed by atoms with Crippen LogP contribution in [0.3, 0.4) is 0 Å². The van der Waals surface area contributed by atoms with Crippen molar-refractivity contribution in [2.45, 2.75) is 22.9 Å². The lowest BCUT2D eigenvalue weighted by Gasteiger charge is -2.05. The molecule has 5 nitrogen and oxygen atoms in total. The molecule has 0 unspecified atom stereocenters. The average molecular weight is 419 g/mol. The molecule has 0 atom stereocenters. The summed E-state index contributed by atoms with van der Waals surface area (Å²) in [6.45, 7) is 0.627. The van der Waals surface area contributed by atoms with Crippen molar-refractivity contribution in [3.8, 4) is 0 Å². The molecule has 2 N–H and O–H groups in total. The molecule has 25 heavy (non-hydrogen) atoms. The molecule has 130 valence electrons. The van der Waals surface area contributed by atoms with Crippen LogP contribution in [0.4, 0.5) is 0 Å². The fraction of sp³-hybridized carbons (Fsp3) is 0.222. The van der Waals surface area contributed by atoms with Crippen molar-refractivity contribution < 1.29 is 4.79 Å². The van der Waals surface area contributed by atoms with Crippen molar-refractivity contribution in [1.29, 1.82) is 0 Å². The fourth-order valence-electron chi connectivity index (χ4n) is 2.44. The van der Waals surface area contributed by atoms with Crippen LogP contribution in [0, 0.1) is 0 Å². The Morgan fingerprint density at radius 3 is 2.88 bits per heavy atom. The second-order valence-corrected chi connectivity index (χ2v) is 7.62. The molecular weight excluding hydrogens is 400 g/mol. The number of halogens is 1. The van der Waals surface area contributed by atoms with Crippen molar-refractivity contribution >= 4 is 33.6 Å². The molecular formula is C18H19BrN4OS. The van der Waals surface area contributed by atoms with Crippen molar-refractivity contribution in [3.63, 3.8) is 0 Å². The molecule has 3 aromatic rings. The van der Waals surface area contributed by atoms with Gasteiger partial charge in [-0.25, -0.2) is 4.98 Å². The minimum Gasteiger partial charge on any atom is -0.351 e. The van der Waals surface area contributed by atoms with Crippen LogP contribution < -0.4 is 5.32 Å². The first-order valence-corrected chi connectivity index (χ1v) is 9.59. The van der Waals surface area contributed by atoms with Gasteiger partial charge in [0.1, 0.15) is 5.69 Å². The van der Waals surface area contributed by atoms with Gasteiger partial charge in [0, 0.05) is 41.0 Å². The summed E-state index contributed by atoms with van der Waals surface area (Å²) in [5.74, 6) is -0.0573. The van der Waals surface area contributed by atoms with Gasteiger partial charge in [0.2, 0.25) is 0 Å². The summed E-state index contributed by atoms with van der Waals surface area (Å²) in [5, 5.41) is 3.84. The molecule has 7 heteroatoms. The van der Waals surface area contributed by atoms with E-state index in [1.807, 2.05) is 43.7 Å². The van der Waals surface area contributed by atoms with E-state index in [1.165, 1.54) is 0 Å². The monoisotopic (exact) mass is 418 g/mol. The number of nitrogens with one attached hydrogen (secondary N) is 2. The zero-order valence-electron chi connectivity index (χ0n) is 13.8. The van der Waals surface area contributed by atoms with E-state index in [0.717, 1.165) is 33.1 Å². The van der Waals surface area contributed by atoms with Crippen LogP contribution in [-0.4, -0.2) is 27.0 Å². The van der Waals surface area contributed by atoms with Gasteiger partial charge in [0.15, 0.2) is 5.16 Å². The number of imidazole rings is 1. The van der Waals surface area contributed by atoms with E-state index in [1.54, 1.807) is 16.3 Å². The molecule has 3 rings (SSSR count). The Balaban J connectivity index is 1.43. The zero-order valence-corrected chi connectivity index (χ0v) is 16.2. The van der Waals surface area contributed by atoms with Gasteiger partial charge in [-0.15, -0.1) is 0 Å². The van der Waals surface area contributed by atoms with Crippen LogP contribution in [0.5, 0.6) is 0 Å². The molecule has 1 aromatic carbocycles. The first-order chi connectivity index (χ1) is 12.1. The highest BCUT2D eigenvalue weighted by molar-refractivity contribution is 9.10. The van der Waals surface area contributed by atoms with E-state index in [0.29, 0.717) is 12.2 Å². The van der Waals surface area contributed by atoms with E-state index in [2.05, 4.69) is 43.3 Å². The Bertz CT molecular complexity index is 844. The largest absolute Gasteiger partial charge is 0.351 e. The van der Waals surface area contributed by atoms with E-state index in [4.69, 9.17) is 0 Å². The quantitative estimate of drug-likeness (QED) is 0.569. The molecule has 2 heterocycles. The van der Waals surface area contributed by atoms with Gasteiger partial charge < -0.3 is 14.9 Å². The molecule has 0 radical (unpaired) electrons. The molecule has 0 saturated carbocycles. The standard InChI is InChI=1S/C18H19BrN4OS/c1-23-12-13(19)10-16(23)17(24)20-9-5-6-14-11-21-18(22-14)25-15-7-3-2-4-8-15/h2-4,7-8,10-12H,5-6,9H2,1H3,(H,20,24)(H,21,22). The molecule has 1 amide bonds. The molecule has 0 fully saturated rings. The summed E-state index contributed by atoms with van der Waals surface area (Å²) in [7, 11) is 1.86. The van der Waals surface area contributed by atoms with Gasteiger partial charge in [0.25, 0.3) is 5.91 Å². The first-order valence-electron chi connectivity index (χ1n) is 7.98. The minimum atomic E-state index is -0.0573. The van der Waals surface area contributed by atoms with Crippen LogP contribution >= 0.6 is 27.7 Å². The van der Waals surface area contributed by atoms with E-state index < -0.39 is 0 Å². The maximum atomic E-state index is 12.1. The average Bonchev–Trinajstić information content (AvgIpc) is 3.18. The predicted octanol–water partition coefficient (Wildman–Crippen LogP) is 4.02. The second-order valence-electron chi connectivity index (χ2n) is 5.64. The minimum absolute atomic E-state index is 0.0573. The second kappa shape index (κ2) is 8.40. The summed E-state index contributed by atoms with van der Waals surface area (Å²) < 4.78 is 2.71. The highest BCUT2D eigenvalue weighted by atomic mass is 79.9. The summed E-state index contributed by atoms with van der Waals surface area (Å²) >= 11 is 4.99. The molecule has 0 aliphatic carbocycles. The third kappa shape index (κ3) is 4.99. The van der Waals surface area contributed by atoms with Crippen LogP contribution in [0.25, 0.3) is 0 Å². The summed E-state index contributed by atoms with van der Waals surface area (Å²) in [6, 6.07) is 12.0. The Hall–Kier alpha value is -1.99. The number of amides is 1. The van der Waals surface area contributed by atoms with Crippen LogP contribution in [0.1, 0.15) is 22.6 Å². The van der Waals surface area contributed by atoms with Gasteiger partial charge in [0.05, 0.1) is 0 Å². The number of aromatic nitrogens is 3. The number of hydrogen-bond acceptors (Lipinski definition) is 3. The summed E-state index contributed by atoms with van der Waals surface area (Å²) in [4.78, 5) is 21.0. The first kappa shape index (κ1) is 17.8. The molecule has 0 spiro atoms. The number of carbonyl (C=O) groups excluding carboxylic acids is 1. The number of aryl methyl sites for hydroxylation is 2. The smallest absolute Gasteiger partial charge is 0.267 e.